The first-order valence-electron chi connectivity index (χ1n) is 9.02. The van der Waals surface area contributed by atoms with Crippen LogP contribution in [0.4, 0.5) is 0 Å². The van der Waals surface area contributed by atoms with Crippen molar-refractivity contribution in [3.63, 3.8) is 0 Å². The zero-order valence-electron chi connectivity index (χ0n) is 15.7. The number of rotatable bonds is 6. The van der Waals surface area contributed by atoms with Gasteiger partial charge < -0.3 is 14.6 Å². The van der Waals surface area contributed by atoms with E-state index in [1.165, 1.54) is 0 Å². The molecule has 140 valence electrons. The largest absolute Gasteiger partial charge is 0.451 e. The standard InChI is InChI=1S/C21H23N3O3/c1-4-12-22-20(25)15-8-7-9-16(13-15)21(26)27-14(2)19-23-17-10-5-6-11-18(17)24(19)3/h5-11,13-14H,4,12H2,1-3H3,(H,22,25). The fourth-order valence-corrected chi connectivity index (χ4v) is 2.94. The molecule has 0 aliphatic rings. The Bertz CT molecular complexity index is 978. The van der Waals surface area contributed by atoms with Crippen LogP contribution in [0.1, 0.15) is 52.9 Å². The third kappa shape index (κ3) is 4.00. The third-order valence-electron chi connectivity index (χ3n) is 4.37. The predicted octanol–water partition coefficient (Wildman–Crippen LogP) is 3.63. The van der Waals surface area contributed by atoms with Crippen LogP contribution in [0.3, 0.4) is 0 Å². The molecule has 0 bridgehead atoms. The first-order chi connectivity index (χ1) is 13.0. The van der Waals surface area contributed by atoms with E-state index in [1.54, 1.807) is 31.2 Å². The van der Waals surface area contributed by atoms with Crippen LogP contribution < -0.4 is 5.32 Å². The van der Waals surface area contributed by atoms with Crippen molar-refractivity contribution in [3.8, 4) is 0 Å². The number of amides is 1. The van der Waals surface area contributed by atoms with Crippen molar-refractivity contribution in [1.82, 2.24) is 14.9 Å². The molecule has 1 N–H and O–H groups in total. The minimum Gasteiger partial charge on any atom is -0.451 e. The van der Waals surface area contributed by atoms with Crippen molar-refractivity contribution in [3.05, 3.63) is 65.5 Å². The molecule has 1 amide bonds. The average molecular weight is 365 g/mol. The number of aryl methyl sites for hydroxylation is 1. The molecular formula is C21H23N3O3. The van der Waals surface area contributed by atoms with Crippen LogP contribution >= 0.6 is 0 Å². The fourth-order valence-electron chi connectivity index (χ4n) is 2.94. The van der Waals surface area contributed by atoms with Gasteiger partial charge >= 0.3 is 5.97 Å². The molecule has 3 rings (SSSR count). The Balaban J connectivity index is 1.76. The molecule has 0 fully saturated rings. The number of nitrogens with zero attached hydrogens (tertiary/aromatic N) is 2. The number of esters is 1. The van der Waals surface area contributed by atoms with Crippen LogP contribution in [-0.2, 0) is 11.8 Å². The van der Waals surface area contributed by atoms with Crippen LogP contribution in [-0.4, -0.2) is 28.0 Å². The fraction of sp³-hybridized carbons (Fsp3) is 0.286. The van der Waals surface area contributed by atoms with Crippen molar-refractivity contribution < 1.29 is 14.3 Å². The zero-order valence-corrected chi connectivity index (χ0v) is 15.7. The van der Waals surface area contributed by atoms with Crippen molar-refractivity contribution in [2.45, 2.75) is 26.4 Å². The molecule has 6 heteroatoms. The second kappa shape index (κ2) is 8.03. The molecule has 2 aromatic carbocycles. The smallest absolute Gasteiger partial charge is 0.338 e. The number of benzene rings is 2. The summed E-state index contributed by atoms with van der Waals surface area (Å²) in [6.07, 6.45) is 0.329. The molecule has 0 aliphatic carbocycles. The maximum absolute atomic E-state index is 12.6. The summed E-state index contributed by atoms with van der Waals surface area (Å²) in [6.45, 7) is 4.37. The van der Waals surface area contributed by atoms with Crippen molar-refractivity contribution >= 4 is 22.9 Å². The summed E-state index contributed by atoms with van der Waals surface area (Å²) in [5.74, 6) is -0.0176. The Morgan fingerprint density at radius 1 is 1.15 bits per heavy atom. The summed E-state index contributed by atoms with van der Waals surface area (Å²) < 4.78 is 7.51. The summed E-state index contributed by atoms with van der Waals surface area (Å²) in [7, 11) is 1.90. The van der Waals surface area contributed by atoms with Crippen molar-refractivity contribution in [2.75, 3.05) is 6.54 Å². The highest BCUT2D eigenvalue weighted by atomic mass is 16.5. The molecule has 1 unspecified atom stereocenters. The van der Waals surface area contributed by atoms with Crippen LogP contribution in [0, 0.1) is 0 Å². The van der Waals surface area contributed by atoms with Gasteiger partial charge in [-0.25, -0.2) is 9.78 Å². The molecule has 0 spiro atoms. The zero-order chi connectivity index (χ0) is 19.4. The van der Waals surface area contributed by atoms with Gasteiger partial charge in [0.2, 0.25) is 0 Å². The normalized spacial score (nSPS) is 12.0. The molecule has 0 aliphatic heterocycles. The summed E-state index contributed by atoms with van der Waals surface area (Å²) in [5, 5.41) is 2.80. The lowest BCUT2D eigenvalue weighted by Gasteiger charge is -2.13. The monoisotopic (exact) mass is 365 g/mol. The van der Waals surface area contributed by atoms with Crippen molar-refractivity contribution in [2.24, 2.45) is 7.05 Å². The second-order valence-electron chi connectivity index (χ2n) is 6.40. The molecule has 27 heavy (non-hydrogen) atoms. The molecule has 3 aromatic rings. The van der Waals surface area contributed by atoms with Gasteiger partial charge in [-0.3, -0.25) is 4.79 Å². The number of hydrogen-bond acceptors (Lipinski definition) is 4. The number of aromatic nitrogens is 2. The van der Waals surface area contributed by atoms with Crippen LogP contribution in [0.25, 0.3) is 11.0 Å². The molecular weight excluding hydrogens is 342 g/mol. The van der Waals surface area contributed by atoms with Gasteiger partial charge in [-0.1, -0.05) is 25.1 Å². The van der Waals surface area contributed by atoms with E-state index in [0.717, 1.165) is 17.5 Å². The number of carbonyl (C=O) groups is 2. The minimum atomic E-state index is -0.521. The number of hydrogen-bond donors (Lipinski definition) is 1. The Hall–Kier alpha value is -3.15. The lowest BCUT2D eigenvalue weighted by Crippen LogP contribution is -2.24. The summed E-state index contributed by atoms with van der Waals surface area (Å²) in [4.78, 5) is 29.2. The summed E-state index contributed by atoms with van der Waals surface area (Å²) >= 11 is 0. The van der Waals surface area contributed by atoms with E-state index in [4.69, 9.17) is 4.74 Å². The Morgan fingerprint density at radius 2 is 1.89 bits per heavy atom. The van der Waals surface area contributed by atoms with Gasteiger partial charge in [0.15, 0.2) is 11.9 Å². The lowest BCUT2D eigenvalue weighted by atomic mass is 10.1. The Labute approximate surface area is 158 Å². The van der Waals surface area contributed by atoms with Gasteiger partial charge in [0.05, 0.1) is 16.6 Å². The molecule has 0 saturated heterocycles. The number of nitrogens with one attached hydrogen (secondary N) is 1. The number of fused-ring (bicyclic) bond motifs is 1. The van der Waals surface area contributed by atoms with Gasteiger partial charge in [-0.2, -0.15) is 0 Å². The topological polar surface area (TPSA) is 73.2 Å². The highest BCUT2D eigenvalue weighted by Crippen LogP contribution is 2.22. The second-order valence-corrected chi connectivity index (χ2v) is 6.40. The van der Waals surface area contributed by atoms with E-state index in [1.807, 2.05) is 42.8 Å². The highest BCUT2D eigenvalue weighted by Gasteiger charge is 2.20. The quantitative estimate of drug-likeness (QED) is 0.677. The first-order valence-corrected chi connectivity index (χ1v) is 9.02. The number of ether oxygens (including phenoxy) is 1. The Kier molecular flexibility index (Phi) is 5.54. The van der Waals surface area contributed by atoms with Gasteiger partial charge in [-0.15, -0.1) is 0 Å². The van der Waals surface area contributed by atoms with Gasteiger partial charge in [0, 0.05) is 19.2 Å². The van der Waals surface area contributed by atoms with Crippen LogP contribution in [0.2, 0.25) is 0 Å². The SMILES string of the molecule is CCCNC(=O)c1cccc(C(=O)OC(C)c2nc3ccccc3n2C)c1. The molecule has 1 heterocycles. The van der Waals surface area contributed by atoms with Crippen LogP contribution in [0.15, 0.2) is 48.5 Å². The van der Waals surface area contributed by atoms with E-state index in [9.17, 15) is 9.59 Å². The summed E-state index contributed by atoms with van der Waals surface area (Å²) in [5.41, 5.74) is 2.61. The van der Waals surface area contributed by atoms with E-state index >= 15 is 0 Å². The predicted molar refractivity (Wildman–Crippen MR) is 104 cm³/mol. The Morgan fingerprint density at radius 3 is 2.63 bits per heavy atom. The van der Waals surface area contributed by atoms with Gasteiger partial charge in [-0.05, 0) is 43.7 Å². The first kappa shape index (κ1) is 18.6. The van der Waals surface area contributed by atoms with Crippen molar-refractivity contribution in [1.29, 1.82) is 0 Å². The minimum absolute atomic E-state index is 0.199. The molecule has 1 atom stereocenters. The molecule has 6 nitrogen and oxygen atoms in total. The van der Waals surface area contributed by atoms with E-state index in [0.29, 0.717) is 23.5 Å². The maximum atomic E-state index is 12.6. The highest BCUT2D eigenvalue weighted by molar-refractivity contribution is 5.97. The average Bonchev–Trinajstić information content (AvgIpc) is 3.03. The third-order valence-corrected chi connectivity index (χ3v) is 4.37. The number of imidazole rings is 1. The maximum Gasteiger partial charge on any atom is 0.338 e. The number of para-hydroxylation sites is 2. The molecule has 1 aromatic heterocycles. The van der Waals surface area contributed by atoms with E-state index < -0.39 is 12.1 Å². The van der Waals surface area contributed by atoms with E-state index in [2.05, 4.69) is 10.3 Å². The number of carbonyl (C=O) groups excluding carboxylic acids is 2. The van der Waals surface area contributed by atoms with Gasteiger partial charge in [0.25, 0.3) is 5.91 Å². The van der Waals surface area contributed by atoms with E-state index in [-0.39, 0.29) is 5.91 Å². The summed E-state index contributed by atoms with van der Waals surface area (Å²) in [6, 6.07) is 14.3. The molecule has 0 saturated carbocycles. The van der Waals surface area contributed by atoms with Gasteiger partial charge in [0.1, 0.15) is 0 Å². The lowest BCUT2D eigenvalue weighted by molar-refractivity contribution is 0.0315. The molecule has 0 radical (unpaired) electrons. The van der Waals surface area contributed by atoms with Crippen LogP contribution in [0.5, 0.6) is 0 Å².